The fraction of sp³-hybridized carbons (Fsp3) is 0.478. The smallest absolute Gasteiger partial charge is 0.290 e. The summed E-state index contributed by atoms with van der Waals surface area (Å²) in [5.74, 6) is 1.21. The first kappa shape index (κ1) is 22.2. The number of hydrogen-bond donors (Lipinski definition) is 3. The Labute approximate surface area is 176 Å². The molecule has 1 aliphatic carbocycles. The highest BCUT2D eigenvalue weighted by Gasteiger charge is 2.70. The highest BCUT2D eigenvalue weighted by Crippen LogP contribution is 2.68. The average Bonchev–Trinajstić information content (AvgIpc) is 3.28. The zero-order valence-corrected chi connectivity index (χ0v) is 17.7. The van der Waals surface area contributed by atoms with Crippen LogP contribution in [0.3, 0.4) is 0 Å². The zero-order valence-electron chi connectivity index (χ0n) is 17.7. The lowest BCUT2D eigenvalue weighted by Gasteiger charge is -2.19. The summed E-state index contributed by atoms with van der Waals surface area (Å²) >= 11 is 0. The molecule has 0 bridgehead atoms. The van der Waals surface area contributed by atoms with Gasteiger partial charge in [0.1, 0.15) is 5.75 Å². The third-order valence-electron chi connectivity index (χ3n) is 6.59. The van der Waals surface area contributed by atoms with Crippen molar-refractivity contribution >= 4 is 6.47 Å². The number of rotatable bonds is 5. The lowest BCUT2D eigenvalue weighted by Crippen LogP contribution is -2.23. The SMILES string of the molecule is COc1c(C)cnc(CN2C[C@H](O)[C@@]3(C2)[C@H](CO)[C@H]3c2ccccc2)c1C.O=CO. The van der Waals surface area contributed by atoms with E-state index in [1.807, 2.05) is 38.2 Å². The maximum atomic E-state index is 10.9. The number of aryl methyl sites for hydroxylation is 1. The van der Waals surface area contributed by atoms with E-state index in [-0.39, 0.29) is 30.3 Å². The predicted molar refractivity (Wildman–Crippen MR) is 112 cm³/mol. The number of carbonyl (C=O) groups is 1. The van der Waals surface area contributed by atoms with Crippen molar-refractivity contribution in [1.82, 2.24) is 9.88 Å². The summed E-state index contributed by atoms with van der Waals surface area (Å²) in [5, 5.41) is 27.7. The number of pyridine rings is 1. The summed E-state index contributed by atoms with van der Waals surface area (Å²) in [6.45, 7) is 5.96. The molecule has 162 valence electrons. The maximum absolute atomic E-state index is 10.9. The van der Waals surface area contributed by atoms with Crippen LogP contribution >= 0.6 is 0 Å². The second kappa shape index (κ2) is 9.12. The van der Waals surface area contributed by atoms with Gasteiger partial charge >= 0.3 is 0 Å². The number of hydrogen-bond acceptors (Lipinski definition) is 6. The van der Waals surface area contributed by atoms with E-state index in [0.29, 0.717) is 13.1 Å². The molecule has 4 rings (SSSR count). The van der Waals surface area contributed by atoms with Crippen LogP contribution in [0.5, 0.6) is 5.75 Å². The molecule has 2 aliphatic rings. The minimum atomic E-state index is -0.437. The van der Waals surface area contributed by atoms with Crippen molar-refractivity contribution in [3.05, 3.63) is 58.9 Å². The fourth-order valence-electron chi connectivity index (χ4n) is 5.22. The molecule has 2 aromatic rings. The van der Waals surface area contributed by atoms with Gasteiger partial charge in [0.05, 0.1) is 18.9 Å². The maximum Gasteiger partial charge on any atom is 0.290 e. The average molecular weight is 415 g/mol. The van der Waals surface area contributed by atoms with Gasteiger partial charge in [-0.1, -0.05) is 30.3 Å². The van der Waals surface area contributed by atoms with Crippen molar-refractivity contribution in [1.29, 1.82) is 0 Å². The molecule has 1 spiro atoms. The first-order valence-corrected chi connectivity index (χ1v) is 10.1. The molecule has 2 heterocycles. The van der Waals surface area contributed by atoms with E-state index in [0.717, 1.165) is 29.1 Å². The number of nitrogens with zero attached hydrogens (tertiary/aromatic N) is 2. The predicted octanol–water partition coefficient (Wildman–Crippen LogP) is 1.98. The molecule has 0 radical (unpaired) electrons. The Balaban J connectivity index is 0.000000806. The number of aliphatic hydroxyl groups excluding tert-OH is 2. The molecular weight excluding hydrogens is 384 g/mol. The van der Waals surface area contributed by atoms with E-state index in [1.54, 1.807) is 7.11 Å². The second-order valence-corrected chi connectivity index (χ2v) is 8.13. The Kier molecular flexibility index (Phi) is 6.75. The van der Waals surface area contributed by atoms with Crippen LogP contribution in [0.15, 0.2) is 36.5 Å². The number of carboxylic acid groups (broad SMARTS) is 1. The van der Waals surface area contributed by atoms with E-state index >= 15 is 0 Å². The van der Waals surface area contributed by atoms with Crippen molar-refractivity contribution in [2.45, 2.75) is 32.4 Å². The molecule has 1 aliphatic heterocycles. The van der Waals surface area contributed by atoms with Crippen LogP contribution in [0.25, 0.3) is 0 Å². The van der Waals surface area contributed by atoms with Gasteiger partial charge < -0.3 is 20.1 Å². The molecule has 1 aromatic heterocycles. The normalized spacial score (nSPS) is 27.4. The molecule has 3 N–H and O–H groups in total. The van der Waals surface area contributed by atoms with E-state index in [1.165, 1.54) is 5.56 Å². The Morgan fingerprint density at radius 2 is 1.97 bits per heavy atom. The van der Waals surface area contributed by atoms with Gasteiger partial charge in [0, 0.05) is 49.0 Å². The number of ether oxygens (including phenoxy) is 1. The first-order chi connectivity index (χ1) is 14.4. The summed E-state index contributed by atoms with van der Waals surface area (Å²) in [6, 6.07) is 10.3. The molecule has 0 amide bonds. The largest absolute Gasteiger partial charge is 0.496 e. The van der Waals surface area contributed by atoms with Crippen molar-refractivity contribution in [2.24, 2.45) is 11.3 Å². The standard InChI is InChI=1S/C22H28N2O3.CH2O2/c1-14-9-23-18(15(2)21(14)27-3)10-24-11-19(26)22(13-24)17(12-25)20(22)16-7-5-4-6-8-16;2-1-3/h4-9,17,19-20,25-26H,10-13H2,1-3H3;1H,(H,2,3)/t17-,19+,20-,22-;/m1./s1. The molecule has 4 atom stereocenters. The summed E-state index contributed by atoms with van der Waals surface area (Å²) in [5.41, 5.74) is 4.03. The van der Waals surface area contributed by atoms with Crippen molar-refractivity contribution in [3.63, 3.8) is 0 Å². The zero-order chi connectivity index (χ0) is 21.9. The van der Waals surface area contributed by atoms with E-state index in [2.05, 4.69) is 22.0 Å². The third-order valence-corrected chi connectivity index (χ3v) is 6.59. The number of aliphatic hydroxyl groups is 2. The Morgan fingerprint density at radius 1 is 1.30 bits per heavy atom. The number of aromatic nitrogens is 1. The summed E-state index contributed by atoms with van der Waals surface area (Å²) in [4.78, 5) is 15.2. The second-order valence-electron chi connectivity index (χ2n) is 8.13. The Hall–Kier alpha value is -2.48. The molecule has 7 nitrogen and oxygen atoms in total. The molecule has 30 heavy (non-hydrogen) atoms. The van der Waals surface area contributed by atoms with Gasteiger partial charge in [-0.15, -0.1) is 0 Å². The summed E-state index contributed by atoms with van der Waals surface area (Å²) in [7, 11) is 1.69. The fourth-order valence-corrected chi connectivity index (χ4v) is 5.22. The highest BCUT2D eigenvalue weighted by atomic mass is 16.5. The van der Waals surface area contributed by atoms with Gasteiger partial charge in [-0.05, 0) is 31.2 Å². The first-order valence-electron chi connectivity index (χ1n) is 10.1. The van der Waals surface area contributed by atoms with Crippen LogP contribution in [0.2, 0.25) is 0 Å². The quantitative estimate of drug-likeness (QED) is 0.643. The molecular formula is C23H30N2O5. The van der Waals surface area contributed by atoms with Gasteiger partial charge in [0.25, 0.3) is 6.47 Å². The van der Waals surface area contributed by atoms with Gasteiger partial charge in [-0.2, -0.15) is 0 Å². The van der Waals surface area contributed by atoms with Crippen molar-refractivity contribution in [3.8, 4) is 5.75 Å². The number of benzene rings is 1. The molecule has 0 unspecified atom stereocenters. The van der Waals surface area contributed by atoms with Crippen LogP contribution in [-0.2, 0) is 11.3 Å². The van der Waals surface area contributed by atoms with Gasteiger partial charge in [0.15, 0.2) is 0 Å². The van der Waals surface area contributed by atoms with Crippen LogP contribution < -0.4 is 4.74 Å². The summed E-state index contributed by atoms with van der Waals surface area (Å²) in [6.07, 6.45) is 1.41. The topological polar surface area (TPSA) is 103 Å². The molecule has 7 heteroatoms. The lowest BCUT2D eigenvalue weighted by molar-refractivity contribution is -0.122. The van der Waals surface area contributed by atoms with Crippen molar-refractivity contribution < 1.29 is 24.9 Å². The number of β-amino-alcohol motifs (C(OH)–C–C–N with tert-alkyl or cyclic N) is 1. The molecule has 1 aromatic carbocycles. The van der Waals surface area contributed by atoms with Crippen LogP contribution in [-0.4, -0.2) is 64.6 Å². The minimum Gasteiger partial charge on any atom is -0.496 e. The summed E-state index contributed by atoms with van der Waals surface area (Å²) < 4.78 is 5.52. The van der Waals surface area contributed by atoms with E-state index in [9.17, 15) is 10.2 Å². The molecule has 2 fully saturated rings. The molecule has 1 saturated heterocycles. The Bertz CT molecular complexity index is 875. The number of likely N-dealkylation sites (tertiary alicyclic amines) is 1. The monoisotopic (exact) mass is 414 g/mol. The van der Waals surface area contributed by atoms with Crippen LogP contribution in [0.4, 0.5) is 0 Å². The Morgan fingerprint density at radius 3 is 2.57 bits per heavy atom. The molecule has 1 saturated carbocycles. The van der Waals surface area contributed by atoms with Gasteiger partial charge in [-0.3, -0.25) is 14.7 Å². The number of methoxy groups -OCH3 is 1. The lowest BCUT2D eigenvalue weighted by atomic mass is 9.95. The van der Waals surface area contributed by atoms with Gasteiger partial charge in [-0.25, -0.2) is 0 Å². The van der Waals surface area contributed by atoms with Crippen LogP contribution in [0, 0.1) is 25.2 Å². The van der Waals surface area contributed by atoms with E-state index in [4.69, 9.17) is 14.6 Å². The minimum absolute atomic E-state index is 0.111. The highest BCUT2D eigenvalue weighted by molar-refractivity contribution is 5.41. The van der Waals surface area contributed by atoms with Crippen molar-refractivity contribution in [2.75, 3.05) is 26.8 Å². The van der Waals surface area contributed by atoms with Gasteiger partial charge in [0.2, 0.25) is 0 Å². The third kappa shape index (κ3) is 3.80. The van der Waals surface area contributed by atoms with Crippen LogP contribution in [0.1, 0.15) is 28.3 Å². The van der Waals surface area contributed by atoms with E-state index < -0.39 is 6.10 Å².